The molecule has 0 rings (SSSR count). The standard InChI is InChI=1S/C20H38N4O5S/c1-7-12(4)16(19(27)23-15(20(28)29)10-11(2)3)24-17(25)13(5)22-18(26)14(21)8-9-30-6/h11-16H,7-10,21H2,1-6H3,(H,22,26)(H,23,27)(H,24,25)(H,28,29). The highest BCUT2D eigenvalue weighted by Crippen LogP contribution is 2.11. The second-order valence-corrected chi connectivity index (χ2v) is 9.00. The molecule has 0 radical (unpaired) electrons. The van der Waals surface area contributed by atoms with Crippen LogP contribution in [-0.4, -0.2) is 65.0 Å². The van der Waals surface area contributed by atoms with Crippen LogP contribution in [0.5, 0.6) is 0 Å². The van der Waals surface area contributed by atoms with Crippen molar-refractivity contribution >= 4 is 35.5 Å². The fraction of sp³-hybridized carbons (Fsp3) is 0.800. The molecule has 5 unspecified atom stereocenters. The van der Waals surface area contributed by atoms with E-state index >= 15 is 0 Å². The molecule has 10 heteroatoms. The van der Waals surface area contributed by atoms with Crippen LogP contribution in [-0.2, 0) is 19.2 Å². The van der Waals surface area contributed by atoms with E-state index < -0.39 is 47.9 Å². The summed E-state index contributed by atoms with van der Waals surface area (Å²) in [6.45, 7) is 8.91. The summed E-state index contributed by atoms with van der Waals surface area (Å²) in [6, 6.07) is -3.55. The van der Waals surface area contributed by atoms with Gasteiger partial charge in [-0.25, -0.2) is 4.79 Å². The van der Waals surface area contributed by atoms with Gasteiger partial charge in [-0.15, -0.1) is 0 Å². The maximum atomic E-state index is 12.7. The van der Waals surface area contributed by atoms with Crippen molar-refractivity contribution in [3.8, 4) is 0 Å². The van der Waals surface area contributed by atoms with E-state index in [9.17, 15) is 24.3 Å². The summed E-state index contributed by atoms with van der Waals surface area (Å²) in [6.07, 6.45) is 3.28. The molecule has 5 atom stereocenters. The van der Waals surface area contributed by atoms with Crippen LogP contribution < -0.4 is 21.7 Å². The van der Waals surface area contributed by atoms with Crippen molar-refractivity contribution in [1.29, 1.82) is 0 Å². The van der Waals surface area contributed by atoms with E-state index in [2.05, 4.69) is 16.0 Å². The van der Waals surface area contributed by atoms with Gasteiger partial charge < -0.3 is 26.8 Å². The summed E-state index contributed by atoms with van der Waals surface area (Å²) in [4.78, 5) is 48.9. The average Bonchev–Trinajstić information content (AvgIpc) is 2.67. The maximum absolute atomic E-state index is 12.7. The van der Waals surface area contributed by atoms with E-state index in [4.69, 9.17) is 5.73 Å². The van der Waals surface area contributed by atoms with Crippen LogP contribution in [0.1, 0.15) is 53.9 Å². The lowest BCUT2D eigenvalue weighted by Crippen LogP contribution is -2.58. The fourth-order valence-electron chi connectivity index (χ4n) is 2.70. The predicted molar refractivity (Wildman–Crippen MR) is 119 cm³/mol. The van der Waals surface area contributed by atoms with Gasteiger partial charge in [0.2, 0.25) is 17.7 Å². The quantitative estimate of drug-likeness (QED) is 0.264. The number of carboxylic acids is 1. The molecule has 174 valence electrons. The number of rotatable bonds is 14. The fourth-order valence-corrected chi connectivity index (χ4v) is 3.19. The van der Waals surface area contributed by atoms with Crippen LogP contribution in [0.2, 0.25) is 0 Å². The molecule has 0 aliphatic carbocycles. The SMILES string of the molecule is CCC(C)C(NC(=O)C(C)NC(=O)C(N)CCSC)C(=O)NC(CC(C)C)C(=O)O. The number of nitrogens with two attached hydrogens (primary N) is 1. The second kappa shape index (κ2) is 14.2. The molecule has 0 fully saturated rings. The Morgan fingerprint density at radius 2 is 1.57 bits per heavy atom. The Balaban J connectivity index is 5.10. The zero-order valence-corrected chi connectivity index (χ0v) is 19.7. The summed E-state index contributed by atoms with van der Waals surface area (Å²) < 4.78 is 0. The molecule has 3 amide bonds. The van der Waals surface area contributed by atoms with Gasteiger partial charge in [0.05, 0.1) is 6.04 Å². The smallest absolute Gasteiger partial charge is 0.326 e. The highest BCUT2D eigenvalue weighted by Gasteiger charge is 2.31. The molecule has 0 spiro atoms. The Morgan fingerprint density at radius 3 is 2.03 bits per heavy atom. The molecule has 0 aliphatic heterocycles. The lowest BCUT2D eigenvalue weighted by atomic mass is 9.96. The van der Waals surface area contributed by atoms with Gasteiger partial charge in [-0.1, -0.05) is 34.1 Å². The lowest BCUT2D eigenvalue weighted by Gasteiger charge is -2.27. The van der Waals surface area contributed by atoms with E-state index in [1.165, 1.54) is 6.92 Å². The Bertz CT molecular complexity index is 588. The van der Waals surface area contributed by atoms with Gasteiger partial charge in [-0.2, -0.15) is 11.8 Å². The van der Waals surface area contributed by atoms with Gasteiger partial charge in [-0.05, 0) is 43.6 Å². The number of aliphatic carboxylic acids is 1. The van der Waals surface area contributed by atoms with Crippen LogP contribution in [0.4, 0.5) is 0 Å². The van der Waals surface area contributed by atoms with Crippen LogP contribution in [0, 0.1) is 11.8 Å². The number of thioether (sulfide) groups is 1. The third-order valence-electron chi connectivity index (χ3n) is 4.84. The van der Waals surface area contributed by atoms with Crippen molar-refractivity contribution in [3.63, 3.8) is 0 Å². The first-order valence-corrected chi connectivity index (χ1v) is 11.7. The molecule has 0 aromatic rings. The summed E-state index contributed by atoms with van der Waals surface area (Å²) in [5.74, 6) is -2.06. The molecular weight excluding hydrogens is 408 g/mol. The minimum atomic E-state index is -1.12. The summed E-state index contributed by atoms with van der Waals surface area (Å²) in [5, 5.41) is 17.1. The van der Waals surface area contributed by atoms with Gasteiger partial charge in [0.1, 0.15) is 18.1 Å². The molecule has 0 saturated carbocycles. The van der Waals surface area contributed by atoms with Gasteiger partial charge in [0.25, 0.3) is 0 Å². The van der Waals surface area contributed by atoms with E-state index in [0.717, 1.165) is 5.75 Å². The van der Waals surface area contributed by atoms with Crippen LogP contribution >= 0.6 is 11.8 Å². The third-order valence-corrected chi connectivity index (χ3v) is 5.48. The van der Waals surface area contributed by atoms with Crippen LogP contribution in [0.25, 0.3) is 0 Å². The average molecular weight is 447 g/mol. The molecule has 0 bridgehead atoms. The predicted octanol–water partition coefficient (Wildman–Crippen LogP) is 0.718. The highest BCUT2D eigenvalue weighted by atomic mass is 32.2. The van der Waals surface area contributed by atoms with Crippen LogP contribution in [0.3, 0.4) is 0 Å². The summed E-state index contributed by atoms with van der Waals surface area (Å²) in [5.41, 5.74) is 5.82. The van der Waals surface area contributed by atoms with Crippen molar-refractivity contribution in [3.05, 3.63) is 0 Å². The number of hydrogen-bond donors (Lipinski definition) is 5. The molecule has 9 nitrogen and oxygen atoms in total. The number of carbonyl (C=O) groups is 4. The number of amides is 3. The topological polar surface area (TPSA) is 151 Å². The second-order valence-electron chi connectivity index (χ2n) is 8.02. The number of hydrogen-bond acceptors (Lipinski definition) is 6. The Morgan fingerprint density at radius 1 is 0.967 bits per heavy atom. The van der Waals surface area contributed by atoms with Crippen LogP contribution in [0.15, 0.2) is 0 Å². The largest absolute Gasteiger partial charge is 0.480 e. The Kier molecular flexibility index (Phi) is 13.4. The van der Waals surface area contributed by atoms with E-state index in [1.807, 2.05) is 27.0 Å². The molecule has 0 aromatic heterocycles. The van der Waals surface area contributed by atoms with Gasteiger partial charge in [0, 0.05) is 0 Å². The lowest BCUT2D eigenvalue weighted by molar-refractivity contribution is -0.143. The molecule has 30 heavy (non-hydrogen) atoms. The van der Waals surface area contributed by atoms with Crippen molar-refractivity contribution in [2.75, 3.05) is 12.0 Å². The summed E-state index contributed by atoms with van der Waals surface area (Å²) >= 11 is 1.57. The Labute approximate surface area is 183 Å². The first-order chi connectivity index (χ1) is 13.9. The van der Waals surface area contributed by atoms with Gasteiger partial charge >= 0.3 is 5.97 Å². The number of carboxylic acid groups (broad SMARTS) is 1. The molecular formula is C20H38N4O5S. The molecule has 6 N–H and O–H groups in total. The Hall–Kier alpha value is -1.81. The van der Waals surface area contributed by atoms with Crippen molar-refractivity contribution in [2.24, 2.45) is 17.6 Å². The zero-order valence-electron chi connectivity index (χ0n) is 18.9. The molecule has 0 aliphatic rings. The molecule has 0 heterocycles. The third kappa shape index (κ3) is 10.3. The monoisotopic (exact) mass is 446 g/mol. The zero-order chi connectivity index (χ0) is 23.4. The first-order valence-electron chi connectivity index (χ1n) is 10.3. The van der Waals surface area contributed by atoms with E-state index in [1.54, 1.807) is 18.7 Å². The summed E-state index contributed by atoms with van der Waals surface area (Å²) in [7, 11) is 0. The highest BCUT2D eigenvalue weighted by molar-refractivity contribution is 7.98. The molecule has 0 saturated heterocycles. The number of carbonyl (C=O) groups excluding carboxylic acids is 3. The van der Waals surface area contributed by atoms with Crippen molar-refractivity contribution in [2.45, 2.75) is 78.0 Å². The van der Waals surface area contributed by atoms with Gasteiger partial charge in [-0.3, -0.25) is 14.4 Å². The first kappa shape index (κ1) is 28.2. The minimum absolute atomic E-state index is 0.0774. The van der Waals surface area contributed by atoms with E-state index in [0.29, 0.717) is 12.8 Å². The van der Waals surface area contributed by atoms with Crippen molar-refractivity contribution in [1.82, 2.24) is 16.0 Å². The van der Waals surface area contributed by atoms with Gasteiger partial charge in [0.15, 0.2) is 0 Å². The minimum Gasteiger partial charge on any atom is -0.480 e. The maximum Gasteiger partial charge on any atom is 0.326 e. The normalized spacial score (nSPS) is 16.1. The number of nitrogens with one attached hydrogen (secondary N) is 3. The van der Waals surface area contributed by atoms with E-state index in [-0.39, 0.29) is 18.3 Å². The van der Waals surface area contributed by atoms with Crippen molar-refractivity contribution < 1.29 is 24.3 Å². The molecule has 0 aromatic carbocycles.